The highest BCUT2D eigenvalue weighted by atomic mass is 16.3. The Bertz CT molecular complexity index is 786. The maximum absolute atomic E-state index is 12.4. The molecule has 0 heterocycles. The van der Waals surface area contributed by atoms with Crippen LogP contribution in [-0.2, 0) is 4.79 Å². The largest absolute Gasteiger partial charge is 0.394 e. The van der Waals surface area contributed by atoms with Gasteiger partial charge in [-0.1, -0.05) is 184 Å². The summed E-state index contributed by atoms with van der Waals surface area (Å²) in [5.41, 5.74) is 0. The van der Waals surface area contributed by atoms with Crippen LogP contribution in [0, 0.1) is 0 Å². The van der Waals surface area contributed by atoms with Crippen molar-refractivity contribution < 1.29 is 15.0 Å². The minimum Gasteiger partial charge on any atom is -0.394 e. The van der Waals surface area contributed by atoms with E-state index in [0.29, 0.717) is 6.42 Å². The molecule has 0 aromatic rings. The molecule has 0 fully saturated rings. The first kappa shape index (κ1) is 47.4. The van der Waals surface area contributed by atoms with E-state index >= 15 is 0 Å². The predicted molar refractivity (Wildman–Crippen MR) is 216 cm³/mol. The number of aliphatic hydroxyl groups is 2. The number of carbonyl (C=O) groups is 1. The molecule has 286 valence electrons. The van der Waals surface area contributed by atoms with Gasteiger partial charge in [0.1, 0.15) is 0 Å². The van der Waals surface area contributed by atoms with Crippen LogP contribution in [0.5, 0.6) is 0 Å². The Hall–Kier alpha value is -1.65. The van der Waals surface area contributed by atoms with Crippen molar-refractivity contribution in [3.63, 3.8) is 0 Å². The minimum absolute atomic E-state index is 0.0833. The summed E-state index contributed by atoms with van der Waals surface area (Å²) in [6.45, 7) is 4.28. The fourth-order valence-corrected chi connectivity index (χ4v) is 6.20. The van der Waals surface area contributed by atoms with Gasteiger partial charge in [0.25, 0.3) is 0 Å². The van der Waals surface area contributed by atoms with Crippen LogP contribution in [-0.4, -0.2) is 34.9 Å². The highest BCUT2D eigenvalue weighted by Gasteiger charge is 2.17. The van der Waals surface area contributed by atoms with Crippen LogP contribution in [0.4, 0.5) is 0 Å². The first-order valence-electron chi connectivity index (χ1n) is 21.4. The molecule has 0 aliphatic rings. The van der Waals surface area contributed by atoms with Gasteiger partial charge in [-0.05, 0) is 70.6 Å². The zero-order valence-corrected chi connectivity index (χ0v) is 32.7. The van der Waals surface area contributed by atoms with E-state index in [4.69, 9.17) is 0 Å². The van der Waals surface area contributed by atoms with Gasteiger partial charge in [0.05, 0.1) is 18.8 Å². The van der Waals surface area contributed by atoms with E-state index in [0.717, 1.165) is 38.5 Å². The summed E-state index contributed by atoms with van der Waals surface area (Å²) >= 11 is 0. The molecule has 0 aromatic heterocycles. The van der Waals surface area contributed by atoms with Crippen molar-refractivity contribution in [3.8, 4) is 0 Å². The molecular formula is C45H83NO3. The summed E-state index contributed by atoms with van der Waals surface area (Å²) in [6, 6.07) is -0.647. The van der Waals surface area contributed by atoms with Gasteiger partial charge in [0, 0.05) is 6.42 Å². The third-order valence-corrected chi connectivity index (χ3v) is 9.51. The Balaban J connectivity index is 3.65. The van der Waals surface area contributed by atoms with Crippen LogP contribution in [0.25, 0.3) is 0 Å². The van der Waals surface area contributed by atoms with Crippen molar-refractivity contribution in [1.29, 1.82) is 0 Å². The van der Waals surface area contributed by atoms with Gasteiger partial charge in [-0.25, -0.2) is 0 Å². The van der Waals surface area contributed by atoms with Gasteiger partial charge >= 0.3 is 0 Å². The number of hydrogen-bond acceptors (Lipinski definition) is 3. The standard InChI is InChI=1S/C45H83NO3/c1-3-5-7-9-11-13-15-17-19-21-22-23-25-27-29-31-33-35-37-39-41-45(49)46-43(42-47)44(48)40-38-36-34-32-30-28-26-24-20-18-16-14-12-10-8-6-4-2/h20,22-24,30,32,38,40,43-44,47-48H,3-19,21,25-29,31,33-37,39,41-42H2,1-2H3,(H,46,49)/b23-22-,24-20+,32-30+,40-38+. The molecule has 1 amide bonds. The fraction of sp³-hybridized carbons (Fsp3) is 0.800. The summed E-state index contributed by atoms with van der Waals surface area (Å²) in [7, 11) is 0. The number of nitrogens with one attached hydrogen (secondary N) is 1. The van der Waals surface area contributed by atoms with Crippen LogP contribution in [0.3, 0.4) is 0 Å². The Morgan fingerprint density at radius 3 is 1.18 bits per heavy atom. The van der Waals surface area contributed by atoms with Crippen molar-refractivity contribution in [1.82, 2.24) is 5.32 Å². The molecule has 3 N–H and O–H groups in total. The van der Waals surface area contributed by atoms with E-state index in [1.807, 2.05) is 6.08 Å². The van der Waals surface area contributed by atoms with Crippen LogP contribution < -0.4 is 5.32 Å². The molecule has 0 spiro atoms. The first-order valence-corrected chi connectivity index (χ1v) is 21.4. The number of unbranched alkanes of at least 4 members (excludes halogenated alkanes) is 25. The summed E-state index contributed by atoms with van der Waals surface area (Å²) in [4.78, 5) is 12.4. The molecule has 0 saturated carbocycles. The summed E-state index contributed by atoms with van der Waals surface area (Å²) < 4.78 is 0. The molecule has 0 saturated heterocycles. The Morgan fingerprint density at radius 1 is 0.469 bits per heavy atom. The van der Waals surface area contributed by atoms with Crippen molar-refractivity contribution >= 4 is 5.91 Å². The Morgan fingerprint density at radius 2 is 0.796 bits per heavy atom. The van der Waals surface area contributed by atoms with Crippen molar-refractivity contribution in [3.05, 3.63) is 48.6 Å². The van der Waals surface area contributed by atoms with Gasteiger partial charge < -0.3 is 15.5 Å². The third-order valence-electron chi connectivity index (χ3n) is 9.51. The summed E-state index contributed by atoms with van der Waals surface area (Å²) in [5.74, 6) is -0.0833. The van der Waals surface area contributed by atoms with E-state index in [2.05, 4.69) is 55.6 Å². The van der Waals surface area contributed by atoms with Crippen molar-refractivity contribution in [2.75, 3.05) is 6.61 Å². The molecule has 4 heteroatoms. The topological polar surface area (TPSA) is 69.6 Å². The molecular weight excluding hydrogens is 602 g/mol. The van der Waals surface area contributed by atoms with Gasteiger partial charge in [-0.15, -0.1) is 0 Å². The maximum atomic E-state index is 12.4. The second-order valence-electron chi connectivity index (χ2n) is 14.4. The molecule has 0 aliphatic heterocycles. The maximum Gasteiger partial charge on any atom is 0.220 e. The average Bonchev–Trinajstić information content (AvgIpc) is 3.10. The number of allylic oxidation sites excluding steroid dienone is 7. The zero-order valence-electron chi connectivity index (χ0n) is 32.7. The monoisotopic (exact) mass is 686 g/mol. The lowest BCUT2D eigenvalue weighted by molar-refractivity contribution is -0.123. The van der Waals surface area contributed by atoms with Gasteiger partial charge in [-0.3, -0.25) is 4.79 Å². The number of aliphatic hydroxyl groups excluding tert-OH is 2. The quantitative estimate of drug-likeness (QED) is 0.0447. The lowest BCUT2D eigenvalue weighted by Crippen LogP contribution is -2.45. The van der Waals surface area contributed by atoms with Gasteiger partial charge in [0.15, 0.2) is 0 Å². The summed E-state index contributed by atoms with van der Waals surface area (Å²) in [6.07, 6.45) is 55.0. The molecule has 4 nitrogen and oxygen atoms in total. The molecule has 0 radical (unpaired) electrons. The van der Waals surface area contributed by atoms with Crippen LogP contribution >= 0.6 is 0 Å². The van der Waals surface area contributed by atoms with E-state index in [-0.39, 0.29) is 12.5 Å². The molecule has 0 aliphatic carbocycles. The first-order chi connectivity index (χ1) is 24.2. The summed E-state index contributed by atoms with van der Waals surface area (Å²) in [5, 5.41) is 22.9. The smallest absolute Gasteiger partial charge is 0.220 e. The highest BCUT2D eigenvalue weighted by Crippen LogP contribution is 2.13. The van der Waals surface area contributed by atoms with Crippen LogP contribution in [0.1, 0.15) is 213 Å². The normalized spacial score (nSPS) is 13.5. The third kappa shape index (κ3) is 37.4. The number of rotatable bonds is 38. The lowest BCUT2D eigenvalue weighted by Gasteiger charge is -2.19. The average molecular weight is 686 g/mol. The molecule has 0 rings (SSSR count). The number of hydrogen-bond donors (Lipinski definition) is 3. The fourth-order valence-electron chi connectivity index (χ4n) is 6.20. The highest BCUT2D eigenvalue weighted by molar-refractivity contribution is 5.76. The van der Waals surface area contributed by atoms with E-state index in [1.54, 1.807) is 6.08 Å². The molecule has 2 unspecified atom stereocenters. The second kappa shape index (κ2) is 40.8. The SMILES string of the molecule is CCCCCCCCC/C=C/CC/C=C/CC/C=C/C(O)C(CO)NC(=O)CCCCCCCCC/C=C\CCCCCCCCCCC. The number of carbonyl (C=O) groups excluding carboxylic acids is 1. The Labute approximate surface area is 305 Å². The van der Waals surface area contributed by atoms with Crippen molar-refractivity contribution in [2.45, 2.75) is 225 Å². The molecule has 0 bridgehead atoms. The van der Waals surface area contributed by atoms with E-state index in [9.17, 15) is 15.0 Å². The lowest BCUT2D eigenvalue weighted by atomic mass is 10.1. The Kier molecular flexibility index (Phi) is 39.4. The van der Waals surface area contributed by atoms with Gasteiger partial charge in [0.2, 0.25) is 5.91 Å². The van der Waals surface area contributed by atoms with E-state index in [1.165, 1.54) is 154 Å². The van der Waals surface area contributed by atoms with E-state index < -0.39 is 12.1 Å². The second-order valence-corrected chi connectivity index (χ2v) is 14.4. The number of amides is 1. The van der Waals surface area contributed by atoms with Crippen molar-refractivity contribution in [2.24, 2.45) is 0 Å². The molecule has 2 atom stereocenters. The molecule has 49 heavy (non-hydrogen) atoms. The predicted octanol–water partition coefficient (Wildman–Crippen LogP) is 13.2. The van der Waals surface area contributed by atoms with Gasteiger partial charge in [-0.2, -0.15) is 0 Å². The van der Waals surface area contributed by atoms with Crippen LogP contribution in [0.2, 0.25) is 0 Å². The zero-order chi connectivity index (χ0) is 35.7. The van der Waals surface area contributed by atoms with Crippen LogP contribution in [0.15, 0.2) is 48.6 Å². The molecule has 0 aromatic carbocycles. The minimum atomic E-state index is -0.871.